The van der Waals surface area contributed by atoms with Crippen LogP contribution >= 0.6 is 0 Å². The average molecular weight is 545 g/mol. The van der Waals surface area contributed by atoms with Crippen LogP contribution in [0.2, 0.25) is 0 Å². The van der Waals surface area contributed by atoms with E-state index in [1.54, 1.807) is 0 Å². The molecule has 0 radical (unpaired) electrons. The van der Waals surface area contributed by atoms with Crippen LogP contribution in [0.3, 0.4) is 0 Å². The summed E-state index contributed by atoms with van der Waals surface area (Å²) in [5.74, 6) is 0. The highest BCUT2D eigenvalue weighted by Crippen LogP contribution is 2.42. The van der Waals surface area contributed by atoms with Gasteiger partial charge in [-0.05, 0) is 96.2 Å². The van der Waals surface area contributed by atoms with Crippen molar-refractivity contribution in [1.29, 1.82) is 0 Å². The van der Waals surface area contributed by atoms with Crippen molar-refractivity contribution >= 4 is 55.9 Å². The molecule has 1 aromatic heterocycles. The fourth-order valence-corrected chi connectivity index (χ4v) is 6.67. The molecular formula is C38H32BNO2. The first-order chi connectivity index (χ1) is 20.3. The van der Waals surface area contributed by atoms with Crippen molar-refractivity contribution in [3.05, 3.63) is 121 Å². The molecule has 3 nitrogen and oxygen atoms in total. The zero-order chi connectivity index (χ0) is 28.6. The van der Waals surface area contributed by atoms with Gasteiger partial charge in [-0.15, -0.1) is 0 Å². The Balaban J connectivity index is 1.42. The minimum Gasteiger partial charge on any atom is -0.399 e. The van der Waals surface area contributed by atoms with E-state index < -0.39 is 18.3 Å². The molecule has 0 amide bonds. The maximum absolute atomic E-state index is 6.64. The van der Waals surface area contributed by atoms with Gasteiger partial charge >= 0.3 is 7.12 Å². The summed E-state index contributed by atoms with van der Waals surface area (Å²) in [6, 6.07) is 43.7. The topological polar surface area (TPSA) is 23.4 Å². The van der Waals surface area contributed by atoms with Crippen LogP contribution in [-0.2, 0) is 9.31 Å². The van der Waals surface area contributed by atoms with E-state index in [2.05, 4.69) is 154 Å². The van der Waals surface area contributed by atoms with Gasteiger partial charge in [-0.3, -0.25) is 0 Å². The van der Waals surface area contributed by atoms with Crippen molar-refractivity contribution in [2.24, 2.45) is 0 Å². The molecule has 6 aromatic carbocycles. The van der Waals surface area contributed by atoms with E-state index in [0.29, 0.717) is 0 Å². The van der Waals surface area contributed by atoms with E-state index in [0.717, 1.165) is 16.2 Å². The smallest absolute Gasteiger partial charge is 0.399 e. The summed E-state index contributed by atoms with van der Waals surface area (Å²) in [5.41, 5.74) is 6.28. The Morgan fingerprint density at radius 2 is 1.00 bits per heavy atom. The zero-order valence-electron chi connectivity index (χ0n) is 24.4. The van der Waals surface area contributed by atoms with Crippen LogP contribution in [0.4, 0.5) is 0 Å². The van der Waals surface area contributed by atoms with E-state index in [-0.39, 0.29) is 0 Å². The summed E-state index contributed by atoms with van der Waals surface area (Å²) < 4.78 is 15.6. The van der Waals surface area contributed by atoms with Crippen LogP contribution in [0, 0.1) is 0 Å². The highest BCUT2D eigenvalue weighted by molar-refractivity contribution is 6.69. The fraction of sp³-hybridized carbons (Fsp3) is 0.158. The third-order valence-electron chi connectivity index (χ3n) is 9.44. The summed E-state index contributed by atoms with van der Waals surface area (Å²) in [7, 11) is -0.454. The number of fused-ring (bicyclic) bond motifs is 5. The molecule has 0 spiro atoms. The lowest BCUT2D eigenvalue weighted by Gasteiger charge is -2.32. The molecule has 7 aromatic rings. The Labute approximate surface area is 246 Å². The molecule has 204 valence electrons. The minimum atomic E-state index is -0.454. The Kier molecular flexibility index (Phi) is 5.47. The van der Waals surface area contributed by atoms with Gasteiger partial charge < -0.3 is 13.9 Å². The van der Waals surface area contributed by atoms with Crippen LogP contribution < -0.4 is 5.46 Å². The average Bonchev–Trinajstić information content (AvgIpc) is 3.44. The molecule has 0 N–H and O–H groups in total. The summed E-state index contributed by atoms with van der Waals surface area (Å²) in [6.07, 6.45) is 0. The van der Waals surface area contributed by atoms with Crippen molar-refractivity contribution in [3.63, 3.8) is 0 Å². The normalized spacial score (nSPS) is 16.2. The van der Waals surface area contributed by atoms with Crippen molar-refractivity contribution in [2.45, 2.75) is 38.9 Å². The predicted octanol–water partition coefficient (Wildman–Crippen LogP) is 9.06. The number of nitrogens with zero attached hydrogens (tertiary/aromatic N) is 1. The third kappa shape index (κ3) is 3.62. The molecule has 0 saturated carbocycles. The predicted molar refractivity (Wildman–Crippen MR) is 177 cm³/mol. The van der Waals surface area contributed by atoms with E-state index in [9.17, 15) is 0 Å². The molecule has 2 heterocycles. The Morgan fingerprint density at radius 1 is 0.500 bits per heavy atom. The lowest BCUT2D eigenvalue weighted by Crippen LogP contribution is -2.41. The van der Waals surface area contributed by atoms with E-state index in [1.807, 2.05) is 0 Å². The van der Waals surface area contributed by atoms with Crippen LogP contribution in [0.1, 0.15) is 27.7 Å². The number of hydrogen-bond acceptors (Lipinski definition) is 2. The molecule has 0 unspecified atom stereocenters. The van der Waals surface area contributed by atoms with Crippen LogP contribution in [0.15, 0.2) is 121 Å². The van der Waals surface area contributed by atoms with Gasteiger partial charge in [0.2, 0.25) is 0 Å². The minimum absolute atomic E-state index is 0.420. The standard InChI is InChI=1S/C38H32BNO2/c1-37(2)38(3,4)42-39(41-37)36-30-19-10-8-17-28(30)35(29-18-9-11-20-31(29)36)25-22-23-34-32(24-25)27-16-12-13-21-33(27)40(34)26-14-6-5-7-15-26/h5-24H,1-4H3. The first kappa shape index (κ1) is 25.3. The molecule has 0 bridgehead atoms. The number of hydrogen-bond donors (Lipinski definition) is 0. The van der Waals surface area contributed by atoms with Crippen LogP contribution in [0.25, 0.3) is 60.2 Å². The van der Waals surface area contributed by atoms with Gasteiger partial charge in [0.25, 0.3) is 0 Å². The van der Waals surface area contributed by atoms with Gasteiger partial charge in [-0.2, -0.15) is 0 Å². The second-order valence-corrected chi connectivity index (χ2v) is 12.4. The first-order valence-corrected chi connectivity index (χ1v) is 14.7. The molecule has 1 fully saturated rings. The van der Waals surface area contributed by atoms with Crippen molar-refractivity contribution < 1.29 is 9.31 Å². The van der Waals surface area contributed by atoms with E-state index in [1.165, 1.54) is 49.4 Å². The van der Waals surface area contributed by atoms with Crippen LogP contribution in [0.5, 0.6) is 0 Å². The third-order valence-corrected chi connectivity index (χ3v) is 9.44. The second-order valence-electron chi connectivity index (χ2n) is 12.4. The van der Waals surface area contributed by atoms with Crippen molar-refractivity contribution in [1.82, 2.24) is 4.57 Å². The molecule has 1 aliphatic heterocycles. The Morgan fingerprint density at radius 3 is 1.62 bits per heavy atom. The molecule has 42 heavy (non-hydrogen) atoms. The molecule has 1 aliphatic rings. The first-order valence-electron chi connectivity index (χ1n) is 14.7. The number of aromatic nitrogens is 1. The number of para-hydroxylation sites is 2. The van der Waals surface area contributed by atoms with Crippen molar-refractivity contribution in [3.8, 4) is 16.8 Å². The Bertz CT molecular complexity index is 2090. The van der Waals surface area contributed by atoms with Gasteiger partial charge in [0.1, 0.15) is 0 Å². The molecular weight excluding hydrogens is 513 g/mol. The largest absolute Gasteiger partial charge is 0.496 e. The summed E-state index contributed by atoms with van der Waals surface area (Å²) in [4.78, 5) is 0. The molecule has 8 rings (SSSR count). The van der Waals surface area contributed by atoms with Gasteiger partial charge in [-0.1, -0.05) is 91.0 Å². The lowest BCUT2D eigenvalue weighted by molar-refractivity contribution is 0.00578. The quantitative estimate of drug-likeness (QED) is 0.163. The van der Waals surface area contributed by atoms with Gasteiger partial charge in [0.05, 0.1) is 22.2 Å². The summed E-state index contributed by atoms with van der Waals surface area (Å²) in [5, 5.41) is 7.22. The SMILES string of the molecule is CC1(C)OB(c2c3ccccc3c(-c3ccc4c(c3)c3ccccc3n4-c3ccccc3)c3ccccc23)OC1(C)C. The lowest BCUT2D eigenvalue weighted by atomic mass is 9.71. The summed E-state index contributed by atoms with van der Waals surface area (Å²) in [6.45, 7) is 8.47. The number of benzene rings is 6. The maximum atomic E-state index is 6.64. The number of rotatable bonds is 3. The molecule has 0 aliphatic carbocycles. The van der Waals surface area contributed by atoms with Gasteiger partial charge in [-0.25, -0.2) is 0 Å². The molecule has 0 atom stereocenters. The highest BCUT2D eigenvalue weighted by Gasteiger charge is 2.52. The monoisotopic (exact) mass is 545 g/mol. The van der Waals surface area contributed by atoms with Gasteiger partial charge in [0, 0.05) is 16.5 Å². The molecule has 4 heteroatoms. The zero-order valence-corrected chi connectivity index (χ0v) is 24.4. The summed E-state index contributed by atoms with van der Waals surface area (Å²) >= 11 is 0. The maximum Gasteiger partial charge on any atom is 0.496 e. The van der Waals surface area contributed by atoms with E-state index >= 15 is 0 Å². The molecule has 1 saturated heterocycles. The second kappa shape index (κ2) is 9.06. The van der Waals surface area contributed by atoms with Crippen molar-refractivity contribution in [2.75, 3.05) is 0 Å². The fourth-order valence-electron chi connectivity index (χ4n) is 6.67. The highest BCUT2D eigenvalue weighted by atomic mass is 16.7. The Hall–Kier alpha value is -4.38. The van der Waals surface area contributed by atoms with Gasteiger partial charge in [0.15, 0.2) is 0 Å². The van der Waals surface area contributed by atoms with Crippen LogP contribution in [-0.4, -0.2) is 22.9 Å². The van der Waals surface area contributed by atoms with E-state index in [4.69, 9.17) is 9.31 Å².